The Morgan fingerprint density at radius 2 is 1.88 bits per heavy atom. The lowest BCUT2D eigenvalue weighted by atomic mass is 9.97. The highest BCUT2D eigenvalue weighted by atomic mass is 19.1. The summed E-state index contributed by atoms with van der Waals surface area (Å²) in [6.45, 7) is 2.72. The molecule has 34 heavy (non-hydrogen) atoms. The van der Waals surface area contributed by atoms with Crippen LogP contribution in [0.15, 0.2) is 53.6 Å². The van der Waals surface area contributed by atoms with Crippen molar-refractivity contribution in [3.63, 3.8) is 0 Å². The standard InChI is InChI=1S/C26H30FN3O4/c1-3-34-26(32)23-10-6-7-15-29(23)17-25(31)30-24(20-8-4-5-9-21(20)27)16-22(28-30)18-11-13-19(33-2)14-12-18/h4-5,8-9,11-14,23-24H,3,6-7,10,15-17H2,1-2H3/t23-,24+/m0/s1. The second kappa shape index (κ2) is 10.8. The van der Waals surface area contributed by atoms with E-state index in [0.29, 0.717) is 37.3 Å². The van der Waals surface area contributed by atoms with E-state index < -0.39 is 12.1 Å². The fourth-order valence-electron chi connectivity index (χ4n) is 4.62. The van der Waals surface area contributed by atoms with Gasteiger partial charge >= 0.3 is 5.97 Å². The molecular formula is C26H30FN3O4. The summed E-state index contributed by atoms with van der Waals surface area (Å²) in [6, 6.07) is 12.9. The van der Waals surface area contributed by atoms with Crippen molar-refractivity contribution in [1.29, 1.82) is 0 Å². The first-order chi connectivity index (χ1) is 16.5. The summed E-state index contributed by atoms with van der Waals surface area (Å²) in [6.07, 6.45) is 2.86. The highest BCUT2D eigenvalue weighted by molar-refractivity contribution is 6.03. The van der Waals surface area contributed by atoms with Crippen LogP contribution in [0.4, 0.5) is 4.39 Å². The van der Waals surface area contributed by atoms with Gasteiger partial charge in [0.1, 0.15) is 17.6 Å². The van der Waals surface area contributed by atoms with Crippen LogP contribution in [0.3, 0.4) is 0 Å². The van der Waals surface area contributed by atoms with Gasteiger partial charge in [0.25, 0.3) is 5.91 Å². The van der Waals surface area contributed by atoms with E-state index in [-0.39, 0.29) is 24.2 Å². The molecular weight excluding hydrogens is 437 g/mol. The molecule has 2 aliphatic rings. The van der Waals surface area contributed by atoms with Crippen LogP contribution in [0.25, 0.3) is 0 Å². The summed E-state index contributed by atoms with van der Waals surface area (Å²) < 4.78 is 25.2. The molecule has 2 aromatic rings. The number of amides is 1. The molecule has 1 saturated heterocycles. The van der Waals surface area contributed by atoms with E-state index in [1.165, 1.54) is 11.1 Å². The molecule has 0 bridgehead atoms. The first kappa shape index (κ1) is 23.9. The van der Waals surface area contributed by atoms with Crippen molar-refractivity contribution in [1.82, 2.24) is 9.91 Å². The molecule has 2 heterocycles. The van der Waals surface area contributed by atoms with Gasteiger partial charge in [0.15, 0.2) is 0 Å². The second-order valence-corrected chi connectivity index (χ2v) is 8.49. The zero-order valence-electron chi connectivity index (χ0n) is 19.6. The normalized spacial score (nSPS) is 20.7. The smallest absolute Gasteiger partial charge is 0.323 e. The molecule has 0 radical (unpaired) electrons. The molecule has 0 saturated carbocycles. The average Bonchev–Trinajstić information content (AvgIpc) is 3.30. The van der Waals surface area contributed by atoms with Crippen LogP contribution in [0.1, 0.15) is 49.8 Å². The molecule has 8 heteroatoms. The number of nitrogens with zero attached hydrogens (tertiary/aromatic N) is 3. The van der Waals surface area contributed by atoms with Gasteiger partial charge in [-0.15, -0.1) is 0 Å². The first-order valence-corrected chi connectivity index (χ1v) is 11.7. The average molecular weight is 468 g/mol. The maximum atomic E-state index is 14.7. The van der Waals surface area contributed by atoms with Gasteiger partial charge in [-0.3, -0.25) is 14.5 Å². The van der Waals surface area contributed by atoms with Crippen molar-refractivity contribution in [3.8, 4) is 5.75 Å². The van der Waals surface area contributed by atoms with Crippen LogP contribution in [-0.2, 0) is 14.3 Å². The van der Waals surface area contributed by atoms with Gasteiger partial charge in [-0.25, -0.2) is 9.40 Å². The highest BCUT2D eigenvalue weighted by Gasteiger charge is 2.37. The van der Waals surface area contributed by atoms with Crippen LogP contribution >= 0.6 is 0 Å². The van der Waals surface area contributed by atoms with Crippen LogP contribution < -0.4 is 4.74 Å². The van der Waals surface area contributed by atoms with E-state index in [1.54, 1.807) is 32.2 Å². The van der Waals surface area contributed by atoms with Crippen molar-refractivity contribution in [2.24, 2.45) is 5.10 Å². The highest BCUT2D eigenvalue weighted by Crippen LogP contribution is 2.35. The van der Waals surface area contributed by atoms with Crippen LogP contribution in [0, 0.1) is 5.82 Å². The van der Waals surface area contributed by atoms with Crippen molar-refractivity contribution >= 4 is 17.6 Å². The summed E-state index contributed by atoms with van der Waals surface area (Å²) in [7, 11) is 1.60. The largest absolute Gasteiger partial charge is 0.497 e. The minimum absolute atomic E-state index is 0.0217. The maximum absolute atomic E-state index is 14.7. The predicted molar refractivity (Wildman–Crippen MR) is 126 cm³/mol. The molecule has 0 aliphatic carbocycles. The molecule has 2 aromatic carbocycles. The Labute approximate surface area is 199 Å². The van der Waals surface area contributed by atoms with Gasteiger partial charge in [-0.1, -0.05) is 24.6 Å². The van der Waals surface area contributed by atoms with E-state index >= 15 is 0 Å². The summed E-state index contributed by atoms with van der Waals surface area (Å²) in [5.74, 6) is -0.229. The lowest BCUT2D eigenvalue weighted by Crippen LogP contribution is -2.49. The van der Waals surface area contributed by atoms with E-state index in [9.17, 15) is 14.0 Å². The van der Waals surface area contributed by atoms with Crippen LogP contribution in [0.5, 0.6) is 5.75 Å². The third kappa shape index (κ3) is 5.12. The van der Waals surface area contributed by atoms with Crippen molar-refractivity contribution in [2.75, 3.05) is 26.8 Å². The third-order valence-electron chi connectivity index (χ3n) is 6.36. The van der Waals surface area contributed by atoms with Crippen molar-refractivity contribution < 1.29 is 23.5 Å². The Morgan fingerprint density at radius 3 is 2.59 bits per heavy atom. The lowest BCUT2D eigenvalue weighted by molar-refractivity contribution is -0.152. The van der Waals surface area contributed by atoms with Crippen molar-refractivity contribution in [3.05, 3.63) is 65.5 Å². The Kier molecular flexibility index (Phi) is 7.57. The molecule has 1 amide bonds. The number of hydrazone groups is 1. The number of hydrogen-bond acceptors (Lipinski definition) is 6. The van der Waals surface area contributed by atoms with Crippen molar-refractivity contribution in [2.45, 2.75) is 44.7 Å². The summed E-state index contributed by atoms with van der Waals surface area (Å²) in [5.41, 5.74) is 1.97. The molecule has 2 aliphatic heterocycles. The fraction of sp³-hybridized carbons (Fsp3) is 0.423. The number of carbonyl (C=O) groups is 2. The van der Waals surface area contributed by atoms with Crippen LogP contribution in [-0.4, -0.2) is 60.3 Å². The topological polar surface area (TPSA) is 71.4 Å². The number of benzene rings is 2. The number of hydrogen-bond donors (Lipinski definition) is 0. The van der Waals surface area contributed by atoms with Gasteiger partial charge in [-0.05, 0) is 62.2 Å². The Bertz CT molecular complexity index is 1060. The number of rotatable bonds is 7. The fourth-order valence-corrected chi connectivity index (χ4v) is 4.62. The molecule has 7 nitrogen and oxygen atoms in total. The lowest BCUT2D eigenvalue weighted by Gasteiger charge is -2.34. The first-order valence-electron chi connectivity index (χ1n) is 11.7. The van der Waals surface area contributed by atoms with Gasteiger partial charge < -0.3 is 9.47 Å². The van der Waals surface area contributed by atoms with E-state index in [4.69, 9.17) is 9.47 Å². The predicted octanol–water partition coefficient (Wildman–Crippen LogP) is 3.93. The number of esters is 1. The Morgan fingerprint density at radius 1 is 1.12 bits per heavy atom. The third-order valence-corrected chi connectivity index (χ3v) is 6.36. The summed E-state index contributed by atoms with van der Waals surface area (Å²) in [4.78, 5) is 27.8. The van der Waals surface area contributed by atoms with Gasteiger partial charge in [0.05, 0.1) is 32.0 Å². The number of piperidine rings is 1. The number of carbonyl (C=O) groups excluding carboxylic acids is 2. The number of likely N-dealkylation sites (tertiary alicyclic amines) is 1. The van der Waals surface area contributed by atoms with Crippen LogP contribution in [0.2, 0.25) is 0 Å². The Hall–Kier alpha value is -3.26. The van der Waals surface area contributed by atoms with E-state index in [2.05, 4.69) is 5.10 Å². The van der Waals surface area contributed by atoms with E-state index in [1.807, 2.05) is 29.2 Å². The quantitative estimate of drug-likeness (QED) is 0.577. The van der Waals surface area contributed by atoms with Gasteiger partial charge in [0.2, 0.25) is 0 Å². The Balaban J connectivity index is 1.60. The van der Waals surface area contributed by atoms with E-state index in [0.717, 1.165) is 24.2 Å². The number of halogens is 1. The molecule has 2 atom stereocenters. The minimum Gasteiger partial charge on any atom is -0.497 e. The zero-order valence-corrected chi connectivity index (χ0v) is 19.6. The number of ether oxygens (including phenoxy) is 2. The minimum atomic E-state index is -0.559. The summed E-state index contributed by atoms with van der Waals surface area (Å²) >= 11 is 0. The van der Waals surface area contributed by atoms with Gasteiger partial charge in [0, 0.05) is 12.0 Å². The number of methoxy groups -OCH3 is 1. The van der Waals surface area contributed by atoms with Gasteiger partial charge in [-0.2, -0.15) is 5.10 Å². The molecule has 0 spiro atoms. The zero-order chi connectivity index (χ0) is 24.1. The molecule has 0 N–H and O–H groups in total. The molecule has 180 valence electrons. The molecule has 1 fully saturated rings. The SMILES string of the molecule is CCOC(=O)[C@@H]1CCCCN1CC(=O)N1N=C(c2ccc(OC)cc2)C[C@@H]1c1ccccc1F. The summed E-state index contributed by atoms with van der Waals surface area (Å²) in [5, 5.41) is 6.02. The molecule has 4 rings (SSSR count). The molecule has 0 aromatic heterocycles. The monoisotopic (exact) mass is 467 g/mol. The second-order valence-electron chi connectivity index (χ2n) is 8.49. The molecule has 0 unspecified atom stereocenters. The maximum Gasteiger partial charge on any atom is 0.323 e.